The fourth-order valence-electron chi connectivity index (χ4n) is 1.67. The molecule has 0 amide bonds. The summed E-state index contributed by atoms with van der Waals surface area (Å²) in [6, 6.07) is 11.0. The van der Waals surface area contributed by atoms with Gasteiger partial charge >= 0.3 is 0 Å². The molecule has 0 aliphatic heterocycles. The number of pyridine rings is 1. The summed E-state index contributed by atoms with van der Waals surface area (Å²) in [6.45, 7) is 1.53. The van der Waals surface area contributed by atoms with Crippen molar-refractivity contribution in [2.75, 3.05) is 0 Å². The molecule has 5 heteroatoms. The van der Waals surface area contributed by atoms with Gasteiger partial charge in [-0.25, -0.2) is 9.97 Å². The molecule has 3 rings (SSSR count). The Morgan fingerprint density at radius 1 is 1.26 bits per heavy atom. The standard InChI is InChI=1S/C14H10N2O2S/c1-9(17)10-6-7-15-13(8-10)19-14-16-11-4-2-3-5-12(11)18-14/h2-8H,1H3. The first-order valence-corrected chi connectivity index (χ1v) is 6.54. The van der Waals surface area contributed by atoms with Gasteiger partial charge in [0.1, 0.15) is 10.5 Å². The SMILES string of the molecule is CC(=O)c1ccnc(Sc2nc3ccccc3o2)c1. The lowest BCUT2D eigenvalue weighted by Gasteiger charge is -1.98. The van der Waals surface area contributed by atoms with Crippen LogP contribution in [-0.4, -0.2) is 15.8 Å². The number of Topliss-reactive ketones (excluding diaryl/α,β-unsaturated/α-hetero) is 1. The van der Waals surface area contributed by atoms with Gasteiger partial charge in [0.15, 0.2) is 11.4 Å². The van der Waals surface area contributed by atoms with Crippen LogP contribution in [0, 0.1) is 0 Å². The summed E-state index contributed by atoms with van der Waals surface area (Å²) in [4.78, 5) is 19.9. The van der Waals surface area contributed by atoms with Gasteiger partial charge in [-0.15, -0.1) is 0 Å². The van der Waals surface area contributed by atoms with Crippen LogP contribution in [0.1, 0.15) is 17.3 Å². The van der Waals surface area contributed by atoms with E-state index in [0.29, 0.717) is 15.8 Å². The van der Waals surface area contributed by atoms with Gasteiger partial charge in [0.05, 0.1) is 0 Å². The van der Waals surface area contributed by atoms with Crippen molar-refractivity contribution in [3.05, 3.63) is 48.2 Å². The third kappa shape index (κ3) is 2.51. The van der Waals surface area contributed by atoms with Crippen LogP contribution in [0.15, 0.2) is 57.3 Å². The summed E-state index contributed by atoms with van der Waals surface area (Å²) in [7, 11) is 0. The number of oxazole rings is 1. The number of aromatic nitrogens is 2. The first-order chi connectivity index (χ1) is 9.22. The van der Waals surface area contributed by atoms with Gasteiger partial charge in [0.2, 0.25) is 0 Å². The predicted molar refractivity (Wildman–Crippen MR) is 72.4 cm³/mol. The molecular formula is C14H10N2O2S. The van der Waals surface area contributed by atoms with E-state index in [1.165, 1.54) is 18.7 Å². The smallest absolute Gasteiger partial charge is 0.263 e. The number of ketones is 1. The lowest BCUT2D eigenvalue weighted by molar-refractivity contribution is 0.101. The minimum atomic E-state index is 0.0156. The Morgan fingerprint density at radius 2 is 2.11 bits per heavy atom. The zero-order valence-corrected chi connectivity index (χ0v) is 11.0. The molecule has 3 aromatic rings. The van der Waals surface area contributed by atoms with E-state index in [-0.39, 0.29) is 5.78 Å². The highest BCUT2D eigenvalue weighted by molar-refractivity contribution is 7.99. The maximum absolute atomic E-state index is 11.3. The van der Waals surface area contributed by atoms with E-state index in [0.717, 1.165) is 11.1 Å². The molecule has 0 aliphatic rings. The minimum Gasteiger partial charge on any atom is -0.431 e. The van der Waals surface area contributed by atoms with Crippen LogP contribution in [0.2, 0.25) is 0 Å². The van der Waals surface area contributed by atoms with Crippen LogP contribution >= 0.6 is 11.8 Å². The number of carbonyl (C=O) groups is 1. The van der Waals surface area contributed by atoms with Crippen LogP contribution < -0.4 is 0 Å². The highest BCUT2D eigenvalue weighted by atomic mass is 32.2. The van der Waals surface area contributed by atoms with Gasteiger partial charge < -0.3 is 4.42 Å². The zero-order valence-electron chi connectivity index (χ0n) is 10.2. The van der Waals surface area contributed by atoms with E-state index in [1.807, 2.05) is 24.3 Å². The van der Waals surface area contributed by atoms with Gasteiger partial charge in [0.25, 0.3) is 5.22 Å². The van der Waals surface area contributed by atoms with Crippen molar-refractivity contribution in [1.82, 2.24) is 9.97 Å². The Kier molecular flexibility index (Phi) is 3.05. The van der Waals surface area contributed by atoms with Crippen LogP contribution in [0.5, 0.6) is 0 Å². The fourth-order valence-corrected chi connectivity index (χ4v) is 2.42. The van der Waals surface area contributed by atoms with Gasteiger partial charge in [0, 0.05) is 11.8 Å². The molecule has 0 atom stereocenters. The monoisotopic (exact) mass is 270 g/mol. The minimum absolute atomic E-state index is 0.0156. The van der Waals surface area contributed by atoms with E-state index in [1.54, 1.807) is 18.3 Å². The Morgan fingerprint density at radius 3 is 2.89 bits per heavy atom. The molecule has 19 heavy (non-hydrogen) atoms. The molecule has 0 saturated carbocycles. The molecule has 0 bridgehead atoms. The average Bonchev–Trinajstić information content (AvgIpc) is 2.81. The molecule has 1 aromatic carbocycles. The molecule has 2 heterocycles. The molecule has 4 nitrogen and oxygen atoms in total. The second-order valence-corrected chi connectivity index (χ2v) is 4.96. The van der Waals surface area contributed by atoms with Gasteiger partial charge in [-0.05, 0) is 43.0 Å². The topological polar surface area (TPSA) is 56.0 Å². The van der Waals surface area contributed by atoms with Crippen molar-refractivity contribution in [3.8, 4) is 0 Å². The molecule has 0 unspecified atom stereocenters. The first kappa shape index (κ1) is 11.9. The van der Waals surface area contributed by atoms with Crippen LogP contribution in [-0.2, 0) is 0 Å². The maximum atomic E-state index is 11.3. The van der Waals surface area contributed by atoms with Crippen molar-refractivity contribution in [1.29, 1.82) is 0 Å². The number of hydrogen-bond acceptors (Lipinski definition) is 5. The lowest BCUT2D eigenvalue weighted by atomic mass is 10.2. The number of rotatable bonds is 3. The van der Waals surface area contributed by atoms with E-state index >= 15 is 0 Å². The Bertz CT molecular complexity index is 719. The zero-order chi connectivity index (χ0) is 13.2. The number of para-hydroxylation sites is 2. The molecule has 94 valence electrons. The Hall–Kier alpha value is -2.14. The van der Waals surface area contributed by atoms with Crippen molar-refractivity contribution in [3.63, 3.8) is 0 Å². The average molecular weight is 270 g/mol. The summed E-state index contributed by atoms with van der Waals surface area (Å²) in [5.41, 5.74) is 2.19. The molecule has 2 aromatic heterocycles. The molecular weight excluding hydrogens is 260 g/mol. The van der Waals surface area contributed by atoms with Crippen molar-refractivity contribution < 1.29 is 9.21 Å². The summed E-state index contributed by atoms with van der Waals surface area (Å²) >= 11 is 1.30. The van der Waals surface area contributed by atoms with Crippen molar-refractivity contribution in [2.24, 2.45) is 0 Å². The highest BCUT2D eigenvalue weighted by Gasteiger charge is 2.09. The largest absolute Gasteiger partial charge is 0.431 e. The molecule has 0 N–H and O–H groups in total. The lowest BCUT2D eigenvalue weighted by Crippen LogP contribution is -1.92. The second kappa shape index (κ2) is 4.85. The van der Waals surface area contributed by atoms with Crippen molar-refractivity contribution >= 4 is 28.6 Å². The summed E-state index contributed by atoms with van der Waals surface area (Å²) in [5, 5.41) is 1.22. The number of nitrogens with zero attached hydrogens (tertiary/aromatic N) is 2. The molecule has 0 saturated heterocycles. The fraction of sp³-hybridized carbons (Fsp3) is 0.0714. The number of carbonyl (C=O) groups excluding carboxylic acids is 1. The van der Waals surface area contributed by atoms with Crippen LogP contribution in [0.4, 0.5) is 0 Å². The quantitative estimate of drug-likeness (QED) is 0.681. The number of fused-ring (bicyclic) bond motifs is 1. The molecule has 0 fully saturated rings. The van der Waals surface area contributed by atoms with Gasteiger partial charge in [-0.1, -0.05) is 12.1 Å². The third-order valence-electron chi connectivity index (χ3n) is 2.61. The second-order valence-electron chi connectivity index (χ2n) is 3.99. The van der Waals surface area contributed by atoms with Gasteiger partial charge in [-0.2, -0.15) is 0 Å². The van der Waals surface area contributed by atoms with Crippen LogP contribution in [0.25, 0.3) is 11.1 Å². The summed E-state index contributed by atoms with van der Waals surface area (Å²) < 4.78 is 5.60. The maximum Gasteiger partial charge on any atom is 0.263 e. The van der Waals surface area contributed by atoms with E-state index in [4.69, 9.17) is 4.42 Å². The molecule has 0 radical (unpaired) electrons. The number of benzene rings is 1. The molecule has 0 aliphatic carbocycles. The third-order valence-corrected chi connectivity index (χ3v) is 3.39. The number of hydrogen-bond donors (Lipinski definition) is 0. The first-order valence-electron chi connectivity index (χ1n) is 5.73. The van der Waals surface area contributed by atoms with Crippen molar-refractivity contribution in [2.45, 2.75) is 17.2 Å². The van der Waals surface area contributed by atoms with E-state index in [9.17, 15) is 4.79 Å². The Labute approximate surface area is 113 Å². The van der Waals surface area contributed by atoms with Gasteiger partial charge in [-0.3, -0.25) is 4.79 Å². The van der Waals surface area contributed by atoms with E-state index < -0.39 is 0 Å². The summed E-state index contributed by atoms with van der Waals surface area (Å²) in [6.07, 6.45) is 1.61. The predicted octanol–water partition coefficient (Wildman–Crippen LogP) is 3.58. The normalized spacial score (nSPS) is 10.8. The summed E-state index contributed by atoms with van der Waals surface area (Å²) in [5.74, 6) is 0.0156. The van der Waals surface area contributed by atoms with E-state index in [2.05, 4.69) is 9.97 Å². The van der Waals surface area contributed by atoms with Crippen LogP contribution in [0.3, 0.4) is 0 Å². The highest BCUT2D eigenvalue weighted by Crippen LogP contribution is 2.28. The Balaban J connectivity index is 1.92. The molecule has 0 spiro atoms.